The Labute approximate surface area is 102 Å². The zero-order valence-electron chi connectivity index (χ0n) is 9.61. The summed E-state index contributed by atoms with van der Waals surface area (Å²) < 4.78 is 0. The molecule has 1 aromatic rings. The third-order valence-corrected chi connectivity index (χ3v) is 4.12. The van der Waals surface area contributed by atoms with Gasteiger partial charge in [-0.05, 0) is 68.3 Å². The fraction of sp³-hybridized carbons (Fsp3) is 0.538. The molecule has 1 fully saturated rings. The van der Waals surface area contributed by atoms with Crippen LogP contribution in [0.15, 0.2) is 29.2 Å². The second-order valence-electron chi connectivity index (χ2n) is 4.42. The minimum Gasteiger partial charge on any atom is -0.399 e. The van der Waals surface area contributed by atoms with Gasteiger partial charge < -0.3 is 11.1 Å². The molecule has 1 aliphatic heterocycles. The van der Waals surface area contributed by atoms with Gasteiger partial charge in [0.2, 0.25) is 0 Å². The van der Waals surface area contributed by atoms with Crippen LogP contribution in [0.25, 0.3) is 0 Å². The molecule has 1 aromatic carbocycles. The molecular formula is C13H20N2S. The first-order valence-corrected chi connectivity index (χ1v) is 7.02. The lowest BCUT2D eigenvalue weighted by atomic mass is 9.97. The SMILES string of the molecule is Nc1ccc(SCCC2CCCNC2)cc1. The average molecular weight is 236 g/mol. The molecule has 0 saturated carbocycles. The highest BCUT2D eigenvalue weighted by Crippen LogP contribution is 2.23. The first kappa shape index (κ1) is 11.8. The highest BCUT2D eigenvalue weighted by atomic mass is 32.2. The van der Waals surface area contributed by atoms with Crippen LogP contribution in [0.3, 0.4) is 0 Å². The molecular weight excluding hydrogens is 216 g/mol. The van der Waals surface area contributed by atoms with Crippen LogP contribution in [-0.4, -0.2) is 18.8 Å². The topological polar surface area (TPSA) is 38.0 Å². The summed E-state index contributed by atoms with van der Waals surface area (Å²) in [6, 6.07) is 8.17. The Morgan fingerprint density at radius 3 is 2.81 bits per heavy atom. The van der Waals surface area contributed by atoms with Crippen molar-refractivity contribution in [2.24, 2.45) is 5.92 Å². The summed E-state index contributed by atoms with van der Waals surface area (Å²) in [5.41, 5.74) is 6.50. The molecule has 0 aliphatic carbocycles. The van der Waals surface area contributed by atoms with E-state index in [9.17, 15) is 0 Å². The van der Waals surface area contributed by atoms with E-state index in [0.29, 0.717) is 0 Å². The molecule has 2 rings (SSSR count). The number of hydrogen-bond acceptors (Lipinski definition) is 3. The van der Waals surface area contributed by atoms with Gasteiger partial charge in [0.25, 0.3) is 0 Å². The van der Waals surface area contributed by atoms with E-state index in [1.54, 1.807) is 0 Å². The first-order chi connectivity index (χ1) is 7.84. The van der Waals surface area contributed by atoms with E-state index in [2.05, 4.69) is 17.4 Å². The van der Waals surface area contributed by atoms with Crippen LogP contribution in [0.4, 0.5) is 5.69 Å². The van der Waals surface area contributed by atoms with Crippen LogP contribution in [0, 0.1) is 5.92 Å². The Morgan fingerprint density at radius 1 is 1.31 bits per heavy atom. The number of nitrogens with two attached hydrogens (primary N) is 1. The molecule has 2 nitrogen and oxygen atoms in total. The van der Waals surface area contributed by atoms with Gasteiger partial charge in [-0.3, -0.25) is 0 Å². The normalized spacial score (nSPS) is 20.9. The zero-order valence-corrected chi connectivity index (χ0v) is 10.4. The van der Waals surface area contributed by atoms with E-state index >= 15 is 0 Å². The maximum absolute atomic E-state index is 5.65. The molecule has 0 amide bonds. The van der Waals surface area contributed by atoms with Crippen molar-refractivity contribution >= 4 is 17.4 Å². The Kier molecular flexibility index (Phi) is 4.55. The predicted octanol–water partition coefficient (Wildman–Crippen LogP) is 2.75. The Bertz CT molecular complexity index is 304. The lowest BCUT2D eigenvalue weighted by molar-refractivity contribution is 0.371. The van der Waals surface area contributed by atoms with E-state index in [4.69, 9.17) is 5.73 Å². The maximum Gasteiger partial charge on any atom is 0.0314 e. The summed E-state index contributed by atoms with van der Waals surface area (Å²) in [6.07, 6.45) is 4.06. The molecule has 0 radical (unpaired) electrons. The minimum absolute atomic E-state index is 0.848. The molecule has 0 aromatic heterocycles. The number of nitrogen functional groups attached to an aromatic ring is 1. The standard InChI is InChI=1S/C13H20N2S/c14-12-3-5-13(6-4-12)16-9-7-11-2-1-8-15-10-11/h3-6,11,15H,1-2,7-10,14H2. The van der Waals surface area contributed by atoms with Crippen molar-refractivity contribution in [3.8, 4) is 0 Å². The van der Waals surface area contributed by atoms with Gasteiger partial charge in [-0.1, -0.05) is 0 Å². The van der Waals surface area contributed by atoms with Gasteiger partial charge >= 0.3 is 0 Å². The van der Waals surface area contributed by atoms with Crippen molar-refractivity contribution in [1.82, 2.24) is 5.32 Å². The van der Waals surface area contributed by atoms with E-state index < -0.39 is 0 Å². The lowest BCUT2D eigenvalue weighted by Crippen LogP contribution is -2.29. The van der Waals surface area contributed by atoms with Gasteiger partial charge in [-0.25, -0.2) is 0 Å². The molecule has 16 heavy (non-hydrogen) atoms. The molecule has 88 valence electrons. The van der Waals surface area contributed by atoms with Crippen molar-refractivity contribution in [2.75, 3.05) is 24.6 Å². The summed E-state index contributed by atoms with van der Waals surface area (Å²) in [5.74, 6) is 2.10. The van der Waals surface area contributed by atoms with Crippen LogP contribution in [-0.2, 0) is 0 Å². The molecule has 1 aliphatic rings. The van der Waals surface area contributed by atoms with Crippen molar-refractivity contribution in [3.63, 3.8) is 0 Å². The van der Waals surface area contributed by atoms with Crippen molar-refractivity contribution < 1.29 is 0 Å². The van der Waals surface area contributed by atoms with Crippen molar-refractivity contribution in [3.05, 3.63) is 24.3 Å². The van der Waals surface area contributed by atoms with E-state index in [1.807, 2.05) is 23.9 Å². The summed E-state index contributed by atoms with van der Waals surface area (Å²) >= 11 is 1.94. The Hall–Kier alpha value is -0.670. The summed E-state index contributed by atoms with van der Waals surface area (Å²) in [4.78, 5) is 1.33. The Morgan fingerprint density at radius 2 is 2.12 bits per heavy atom. The van der Waals surface area contributed by atoms with Gasteiger partial charge in [0.15, 0.2) is 0 Å². The first-order valence-electron chi connectivity index (χ1n) is 6.03. The largest absolute Gasteiger partial charge is 0.399 e. The quantitative estimate of drug-likeness (QED) is 0.623. The molecule has 1 saturated heterocycles. The van der Waals surface area contributed by atoms with Gasteiger partial charge in [-0.15, -0.1) is 11.8 Å². The monoisotopic (exact) mass is 236 g/mol. The van der Waals surface area contributed by atoms with Crippen LogP contribution in [0.1, 0.15) is 19.3 Å². The number of hydrogen-bond donors (Lipinski definition) is 2. The molecule has 1 heterocycles. The number of anilines is 1. The molecule has 0 bridgehead atoms. The van der Waals surface area contributed by atoms with Gasteiger partial charge in [-0.2, -0.15) is 0 Å². The van der Waals surface area contributed by atoms with Gasteiger partial charge in [0.1, 0.15) is 0 Å². The van der Waals surface area contributed by atoms with Crippen LogP contribution < -0.4 is 11.1 Å². The van der Waals surface area contributed by atoms with E-state index in [-0.39, 0.29) is 0 Å². The second kappa shape index (κ2) is 6.16. The van der Waals surface area contributed by atoms with Crippen molar-refractivity contribution in [1.29, 1.82) is 0 Å². The molecule has 3 N–H and O–H groups in total. The smallest absolute Gasteiger partial charge is 0.0314 e. The average Bonchev–Trinajstić information content (AvgIpc) is 2.33. The van der Waals surface area contributed by atoms with Crippen LogP contribution >= 0.6 is 11.8 Å². The fourth-order valence-electron chi connectivity index (χ4n) is 2.08. The maximum atomic E-state index is 5.65. The van der Waals surface area contributed by atoms with E-state index in [0.717, 1.165) is 11.6 Å². The number of benzene rings is 1. The van der Waals surface area contributed by atoms with E-state index in [1.165, 1.54) is 43.0 Å². The number of piperidine rings is 1. The van der Waals surface area contributed by atoms with Gasteiger partial charge in [0, 0.05) is 10.6 Å². The number of nitrogens with one attached hydrogen (secondary N) is 1. The highest BCUT2D eigenvalue weighted by Gasteiger charge is 2.12. The van der Waals surface area contributed by atoms with Crippen LogP contribution in [0.2, 0.25) is 0 Å². The summed E-state index contributed by atoms with van der Waals surface area (Å²) in [6.45, 7) is 2.42. The lowest BCUT2D eigenvalue weighted by Gasteiger charge is -2.22. The third kappa shape index (κ3) is 3.72. The summed E-state index contributed by atoms with van der Waals surface area (Å²) in [5, 5.41) is 3.47. The zero-order chi connectivity index (χ0) is 11.2. The number of rotatable bonds is 4. The molecule has 0 spiro atoms. The second-order valence-corrected chi connectivity index (χ2v) is 5.59. The van der Waals surface area contributed by atoms with Gasteiger partial charge in [0.05, 0.1) is 0 Å². The number of thioether (sulfide) groups is 1. The fourth-order valence-corrected chi connectivity index (χ4v) is 3.09. The molecule has 3 heteroatoms. The highest BCUT2D eigenvalue weighted by molar-refractivity contribution is 7.99. The Balaban J connectivity index is 1.69. The minimum atomic E-state index is 0.848. The predicted molar refractivity (Wildman–Crippen MR) is 71.8 cm³/mol. The van der Waals surface area contributed by atoms with Crippen LogP contribution in [0.5, 0.6) is 0 Å². The third-order valence-electron chi connectivity index (χ3n) is 3.07. The molecule has 1 atom stereocenters. The molecule has 1 unspecified atom stereocenters. The van der Waals surface area contributed by atoms with Crippen molar-refractivity contribution in [2.45, 2.75) is 24.2 Å². The summed E-state index contributed by atoms with van der Waals surface area (Å²) in [7, 11) is 0.